The summed E-state index contributed by atoms with van der Waals surface area (Å²) in [4.78, 5) is 46.3. The molecule has 1 aliphatic heterocycles. The maximum atomic E-state index is 12.2. The maximum Gasteiger partial charge on any atom is 0.469 e. The van der Waals surface area contributed by atoms with Crippen LogP contribution in [0.1, 0.15) is 5.37 Å². The van der Waals surface area contributed by atoms with Crippen LogP contribution in [-0.2, 0) is 9.09 Å². The van der Waals surface area contributed by atoms with Gasteiger partial charge in [-0.25, -0.2) is 14.5 Å². The highest BCUT2D eigenvalue weighted by Crippen LogP contribution is 2.45. The molecule has 0 bridgehead atoms. The fraction of sp³-hybridized carbons (Fsp3) is 0.538. The second kappa shape index (κ2) is 7.91. The Labute approximate surface area is 162 Å². The SMILES string of the molecule is CN(C)/C=N/c1nc2c(ncn2[C@@H]2S[C@H](COP(=O)(O)O)[C@@H](O)[C@H]2O)c(=O)[nH]1. The van der Waals surface area contributed by atoms with Gasteiger partial charge in [-0.05, 0) is 0 Å². The summed E-state index contributed by atoms with van der Waals surface area (Å²) in [7, 11) is -1.22. The number of fused-ring (bicyclic) bond motifs is 1. The van der Waals surface area contributed by atoms with Crippen LogP contribution in [0.15, 0.2) is 16.1 Å². The molecule has 0 saturated carbocycles. The second-order valence-corrected chi connectivity index (χ2v) is 8.85. The molecule has 13 nitrogen and oxygen atoms in total. The number of phosphoric ester groups is 1. The van der Waals surface area contributed by atoms with Crippen LogP contribution in [-0.4, -0.2) is 88.9 Å². The Hall–Kier alpha value is -1.80. The number of aromatic nitrogens is 4. The third-order valence-electron chi connectivity index (χ3n) is 3.85. The molecule has 5 N–H and O–H groups in total. The topological polar surface area (TPSA) is 186 Å². The largest absolute Gasteiger partial charge is 0.469 e. The van der Waals surface area contributed by atoms with Gasteiger partial charge in [0, 0.05) is 14.1 Å². The van der Waals surface area contributed by atoms with Gasteiger partial charge in [-0.1, -0.05) is 0 Å². The molecule has 0 aliphatic carbocycles. The lowest BCUT2D eigenvalue weighted by atomic mass is 10.1. The number of hydrogen-bond donors (Lipinski definition) is 5. The quantitative estimate of drug-likeness (QED) is 0.208. The number of H-pyrrole nitrogens is 1. The summed E-state index contributed by atoms with van der Waals surface area (Å²) in [6, 6.07) is 0. The highest BCUT2D eigenvalue weighted by Gasteiger charge is 2.44. The molecule has 154 valence electrons. The zero-order valence-electron chi connectivity index (χ0n) is 14.8. The van der Waals surface area contributed by atoms with Gasteiger partial charge in [0.05, 0.1) is 30.6 Å². The van der Waals surface area contributed by atoms with Crippen molar-refractivity contribution in [2.75, 3.05) is 20.7 Å². The molecule has 1 fully saturated rings. The van der Waals surface area contributed by atoms with Gasteiger partial charge < -0.3 is 24.9 Å². The van der Waals surface area contributed by atoms with Crippen LogP contribution in [0.3, 0.4) is 0 Å². The number of aliphatic hydroxyl groups excluding tert-OH is 2. The summed E-state index contributed by atoms with van der Waals surface area (Å²) >= 11 is 1.03. The number of imidazole rings is 1. The van der Waals surface area contributed by atoms with E-state index < -0.39 is 42.8 Å². The average Bonchev–Trinajstić information content (AvgIpc) is 3.13. The van der Waals surface area contributed by atoms with E-state index in [1.807, 2.05) is 0 Å². The zero-order chi connectivity index (χ0) is 20.6. The Morgan fingerprint density at radius 1 is 1.43 bits per heavy atom. The molecule has 0 aromatic carbocycles. The van der Waals surface area contributed by atoms with E-state index in [2.05, 4.69) is 24.5 Å². The molecule has 28 heavy (non-hydrogen) atoms. The maximum absolute atomic E-state index is 12.2. The van der Waals surface area contributed by atoms with Crippen molar-refractivity contribution < 1.29 is 29.1 Å². The molecular weight excluding hydrogens is 415 g/mol. The van der Waals surface area contributed by atoms with Crippen LogP contribution in [0.5, 0.6) is 0 Å². The minimum Gasteiger partial charge on any atom is -0.389 e. The van der Waals surface area contributed by atoms with Crippen LogP contribution in [0, 0.1) is 0 Å². The van der Waals surface area contributed by atoms with Gasteiger partial charge in [0.1, 0.15) is 11.5 Å². The number of hydrogen-bond acceptors (Lipinski definition) is 9. The molecule has 0 amide bonds. The Kier molecular flexibility index (Phi) is 5.91. The number of nitrogens with zero attached hydrogens (tertiary/aromatic N) is 5. The van der Waals surface area contributed by atoms with Crippen LogP contribution < -0.4 is 5.56 Å². The number of phosphoric acid groups is 1. The van der Waals surface area contributed by atoms with E-state index in [4.69, 9.17) is 9.79 Å². The van der Waals surface area contributed by atoms with Gasteiger partial charge in [0.15, 0.2) is 11.2 Å². The summed E-state index contributed by atoms with van der Waals surface area (Å²) < 4.78 is 16.7. The number of thioether (sulfide) groups is 1. The normalized spacial score (nSPS) is 25.8. The summed E-state index contributed by atoms with van der Waals surface area (Å²) in [5.41, 5.74) is -0.343. The molecule has 0 unspecified atom stereocenters. The molecule has 0 spiro atoms. The van der Waals surface area contributed by atoms with Crippen molar-refractivity contribution >= 4 is 43.0 Å². The first-order valence-electron chi connectivity index (χ1n) is 7.96. The first-order chi connectivity index (χ1) is 13.1. The van der Waals surface area contributed by atoms with Gasteiger partial charge in [0.25, 0.3) is 5.56 Å². The van der Waals surface area contributed by atoms with Crippen LogP contribution in [0.2, 0.25) is 0 Å². The molecule has 2 aromatic rings. The average molecular weight is 434 g/mol. The highest BCUT2D eigenvalue weighted by atomic mass is 32.2. The highest BCUT2D eigenvalue weighted by molar-refractivity contribution is 8.00. The minimum absolute atomic E-state index is 0.0287. The summed E-state index contributed by atoms with van der Waals surface area (Å²) in [5.74, 6) is 0.0346. The Morgan fingerprint density at radius 3 is 2.79 bits per heavy atom. The standard InChI is InChI=1S/C13H19N6O7PS/c1-18(2)4-15-13-16-10-7(11(22)17-13)14-5-19(10)12-9(21)8(20)6(28-12)3-26-27(23,24)25/h4-6,8-9,12,20-21H,3H2,1-2H3,(H,16,17,22)(H2,23,24,25)/b15-4+/t6-,8-,9-,12-/m1/s1. The van der Waals surface area contributed by atoms with Crippen molar-refractivity contribution in [1.29, 1.82) is 0 Å². The molecule has 3 heterocycles. The monoisotopic (exact) mass is 434 g/mol. The lowest BCUT2D eigenvalue weighted by Gasteiger charge is -2.17. The number of aromatic amines is 1. The van der Waals surface area contributed by atoms with Gasteiger partial charge in [-0.2, -0.15) is 4.98 Å². The third kappa shape index (κ3) is 4.43. The molecular formula is C13H19N6O7PS. The molecule has 3 rings (SSSR count). The lowest BCUT2D eigenvalue weighted by molar-refractivity contribution is 0.0111. The van der Waals surface area contributed by atoms with E-state index in [1.54, 1.807) is 19.0 Å². The third-order valence-corrected chi connectivity index (χ3v) is 5.88. The van der Waals surface area contributed by atoms with Crippen LogP contribution >= 0.6 is 19.6 Å². The predicted octanol–water partition coefficient (Wildman–Crippen LogP) is -1.21. The van der Waals surface area contributed by atoms with Gasteiger partial charge >= 0.3 is 7.82 Å². The van der Waals surface area contributed by atoms with Crippen LogP contribution in [0.25, 0.3) is 11.2 Å². The summed E-state index contributed by atoms with van der Waals surface area (Å²) in [5, 5.41) is 19.0. The molecule has 2 aromatic heterocycles. The van der Waals surface area contributed by atoms with E-state index in [0.717, 1.165) is 11.8 Å². The van der Waals surface area contributed by atoms with Crippen molar-refractivity contribution in [3.63, 3.8) is 0 Å². The summed E-state index contributed by atoms with van der Waals surface area (Å²) in [6.07, 6.45) is 0.129. The first kappa shape index (κ1) is 20.9. The van der Waals surface area contributed by atoms with Crippen molar-refractivity contribution in [2.45, 2.75) is 22.8 Å². The fourth-order valence-electron chi connectivity index (χ4n) is 2.60. The molecule has 1 aliphatic rings. The van der Waals surface area contributed by atoms with Crippen LogP contribution in [0.4, 0.5) is 5.95 Å². The molecule has 4 atom stereocenters. The smallest absolute Gasteiger partial charge is 0.389 e. The van der Waals surface area contributed by atoms with Crippen molar-refractivity contribution in [3.8, 4) is 0 Å². The minimum atomic E-state index is -4.72. The van der Waals surface area contributed by atoms with Crippen molar-refractivity contribution in [2.24, 2.45) is 4.99 Å². The fourth-order valence-corrected chi connectivity index (χ4v) is 4.49. The van der Waals surface area contributed by atoms with E-state index in [1.165, 1.54) is 17.2 Å². The lowest BCUT2D eigenvalue weighted by Crippen LogP contribution is -2.33. The predicted molar refractivity (Wildman–Crippen MR) is 100 cm³/mol. The zero-order valence-corrected chi connectivity index (χ0v) is 16.5. The number of aliphatic imine (C=N–C) groups is 1. The van der Waals surface area contributed by atoms with Crippen molar-refractivity contribution in [3.05, 3.63) is 16.7 Å². The van der Waals surface area contributed by atoms with E-state index in [-0.39, 0.29) is 17.1 Å². The van der Waals surface area contributed by atoms with Gasteiger partial charge in [-0.3, -0.25) is 18.9 Å². The summed E-state index contributed by atoms with van der Waals surface area (Å²) in [6.45, 7) is -0.470. The Balaban J connectivity index is 1.92. The second-order valence-electron chi connectivity index (χ2n) is 6.25. The van der Waals surface area contributed by atoms with Crippen molar-refractivity contribution in [1.82, 2.24) is 24.4 Å². The number of aliphatic hydroxyl groups is 2. The Morgan fingerprint density at radius 2 is 2.14 bits per heavy atom. The Bertz CT molecular complexity index is 987. The van der Waals surface area contributed by atoms with Gasteiger partial charge in [0.2, 0.25) is 5.95 Å². The molecule has 0 radical (unpaired) electrons. The van der Waals surface area contributed by atoms with E-state index >= 15 is 0 Å². The van der Waals surface area contributed by atoms with E-state index in [0.29, 0.717) is 0 Å². The van der Waals surface area contributed by atoms with E-state index in [9.17, 15) is 19.6 Å². The molecule has 15 heteroatoms. The van der Waals surface area contributed by atoms with Gasteiger partial charge in [-0.15, -0.1) is 11.8 Å². The number of rotatable bonds is 6. The molecule has 1 saturated heterocycles. The number of nitrogens with one attached hydrogen (secondary N) is 1. The first-order valence-corrected chi connectivity index (χ1v) is 10.4.